The highest BCUT2D eigenvalue weighted by Gasteiger charge is 2.19. The van der Waals surface area contributed by atoms with Crippen LogP contribution in [0.5, 0.6) is 5.75 Å². The Balaban J connectivity index is 1.54. The average Bonchev–Trinajstić information content (AvgIpc) is 3.28. The van der Waals surface area contributed by atoms with Crippen molar-refractivity contribution < 1.29 is 19.2 Å². The zero-order valence-corrected chi connectivity index (χ0v) is 19.7. The van der Waals surface area contributed by atoms with Gasteiger partial charge in [0.25, 0.3) is 11.6 Å². The summed E-state index contributed by atoms with van der Waals surface area (Å²) in [4.78, 5) is 32.5. The van der Waals surface area contributed by atoms with Crippen LogP contribution >= 0.6 is 11.3 Å². The van der Waals surface area contributed by atoms with Crippen LogP contribution in [0.2, 0.25) is 0 Å². The van der Waals surface area contributed by atoms with E-state index in [0.29, 0.717) is 23.0 Å². The number of non-ortho nitro benzene ring substituents is 1. The molecule has 178 valence electrons. The first-order valence-corrected chi connectivity index (χ1v) is 11.8. The van der Waals surface area contributed by atoms with Crippen molar-refractivity contribution in [3.05, 3.63) is 64.2 Å². The van der Waals surface area contributed by atoms with Crippen LogP contribution in [-0.2, 0) is 9.53 Å². The number of nitrogens with zero attached hydrogens (tertiary/aromatic N) is 4. The van der Waals surface area contributed by atoms with Crippen LogP contribution in [0.1, 0.15) is 12.0 Å². The molecule has 4 rings (SSSR count). The quantitative estimate of drug-likeness (QED) is 0.258. The van der Waals surface area contributed by atoms with Crippen LogP contribution in [0, 0.1) is 10.1 Å². The van der Waals surface area contributed by atoms with Gasteiger partial charge >= 0.3 is 0 Å². The molecule has 1 aliphatic heterocycles. The Morgan fingerprint density at radius 2 is 2.12 bits per heavy atom. The maximum atomic E-state index is 13.2. The molecule has 0 radical (unpaired) electrons. The molecule has 0 aliphatic carbocycles. The largest absolute Gasteiger partial charge is 0.497 e. The number of fused-ring (bicyclic) bond motifs is 1. The number of aromatic nitrogens is 1. The highest BCUT2D eigenvalue weighted by atomic mass is 32.1. The van der Waals surface area contributed by atoms with Crippen molar-refractivity contribution in [1.82, 2.24) is 9.88 Å². The van der Waals surface area contributed by atoms with Crippen LogP contribution in [0.15, 0.2) is 48.5 Å². The number of thiazole rings is 1. The first-order valence-electron chi connectivity index (χ1n) is 11.0. The lowest BCUT2D eigenvalue weighted by Gasteiger charge is -2.27. The summed E-state index contributed by atoms with van der Waals surface area (Å²) in [5.74, 6) is 0.486. The fourth-order valence-electron chi connectivity index (χ4n) is 3.71. The summed E-state index contributed by atoms with van der Waals surface area (Å²) in [6.45, 7) is 4.61. The molecule has 0 saturated carbocycles. The van der Waals surface area contributed by atoms with Crippen LogP contribution in [0.4, 0.5) is 10.8 Å². The van der Waals surface area contributed by atoms with Gasteiger partial charge < -0.3 is 9.47 Å². The third-order valence-electron chi connectivity index (χ3n) is 5.54. The molecule has 0 atom stereocenters. The SMILES string of the molecule is COc1ccc2sc(N(CCCN3CCOCC3)C(=O)/C=C/c3cccc([N+](=O)[O-])c3)nc2c1. The fourth-order valence-corrected chi connectivity index (χ4v) is 4.69. The Labute approximate surface area is 201 Å². The summed E-state index contributed by atoms with van der Waals surface area (Å²) in [7, 11) is 1.61. The number of nitro groups is 1. The molecule has 0 unspecified atom stereocenters. The second-order valence-electron chi connectivity index (χ2n) is 7.81. The average molecular weight is 483 g/mol. The highest BCUT2D eigenvalue weighted by Crippen LogP contribution is 2.31. The monoisotopic (exact) mass is 482 g/mol. The van der Waals surface area contributed by atoms with Crippen molar-refractivity contribution >= 4 is 44.4 Å². The molecule has 3 aromatic rings. The van der Waals surface area contributed by atoms with E-state index in [0.717, 1.165) is 49.5 Å². The number of benzene rings is 2. The maximum Gasteiger partial charge on any atom is 0.270 e. The van der Waals surface area contributed by atoms with Gasteiger partial charge in [0.15, 0.2) is 5.13 Å². The normalized spacial score (nSPS) is 14.5. The number of carbonyl (C=O) groups is 1. The fraction of sp³-hybridized carbons (Fsp3) is 0.333. The van der Waals surface area contributed by atoms with E-state index >= 15 is 0 Å². The molecule has 1 aromatic heterocycles. The summed E-state index contributed by atoms with van der Waals surface area (Å²) in [5.41, 5.74) is 1.34. The minimum Gasteiger partial charge on any atom is -0.497 e. The summed E-state index contributed by atoms with van der Waals surface area (Å²) in [6, 6.07) is 11.8. The van der Waals surface area contributed by atoms with E-state index in [2.05, 4.69) is 9.88 Å². The van der Waals surface area contributed by atoms with E-state index in [9.17, 15) is 14.9 Å². The van der Waals surface area contributed by atoms with Gasteiger partial charge in [0.2, 0.25) is 0 Å². The molecule has 10 heteroatoms. The molecule has 34 heavy (non-hydrogen) atoms. The number of rotatable bonds is 9. The van der Waals surface area contributed by atoms with Gasteiger partial charge in [0, 0.05) is 50.5 Å². The number of ether oxygens (including phenoxy) is 2. The lowest BCUT2D eigenvalue weighted by molar-refractivity contribution is -0.384. The van der Waals surface area contributed by atoms with E-state index in [1.807, 2.05) is 18.2 Å². The Bertz CT molecular complexity index is 1190. The lowest BCUT2D eigenvalue weighted by Crippen LogP contribution is -2.39. The molecular weight excluding hydrogens is 456 g/mol. The number of hydrogen-bond donors (Lipinski definition) is 0. The van der Waals surface area contributed by atoms with Gasteiger partial charge in [0.1, 0.15) is 5.75 Å². The number of methoxy groups -OCH3 is 1. The minimum absolute atomic E-state index is 0.0166. The van der Waals surface area contributed by atoms with Gasteiger partial charge in [-0.3, -0.25) is 24.7 Å². The molecule has 0 spiro atoms. The maximum absolute atomic E-state index is 13.2. The van der Waals surface area contributed by atoms with Crippen molar-refractivity contribution in [2.75, 3.05) is 51.4 Å². The van der Waals surface area contributed by atoms with Crippen molar-refractivity contribution in [3.63, 3.8) is 0 Å². The molecule has 0 N–H and O–H groups in total. The number of nitro benzene ring substituents is 1. The number of anilines is 1. The minimum atomic E-state index is -0.452. The van der Waals surface area contributed by atoms with E-state index in [-0.39, 0.29) is 11.6 Å². The van der Waals surface area contributed by atoms with Gasteiger partial charge in [0.05, 0.1) is 35.5 Å². The predicted octanol–water partition coefficient (Wildman–Crippen LogP) is 3.98. The van der Waals surface area contributed by atoms with Crippen molar-refractivity contribution in [1.29, 1.82) is 0 Å². The smallest absolute Gasteiger partial charge is 0.270 e. The number of hydrogen-bond acceptors (Lipinski definition) is 8. The molecule has 2 aromatic carbocycles. The van der Waals surface area contributed by atoms with Crippen LogP contribution in [0.25, 0.3) is 16.3 Å². The summed E-state index contributed by atoms with van der Waals surface area (Å²) in [6.07, 6.45) is 3.83. The summed E-state index contributed by atoms with van der Waals surface area (Å²) >= 11 is 1.45. The van der Waals surface area contributed by atoms with Crippen molar-refractivity contribution in [3.8, 4) is 5.75 Å². The molecule has 9 nitrogen and oxygen atoms in total. The van der Waals surface area contributed by atoms with Crippen molar-refractivity contribution in [2.45, 2.75) is 6.42 Å². The zero-order valence-electron chi connectivity index (χ0n) is 18.9. The van der Waals surface area contributed by atoms with Gasteiger partial charge in [-0.1, -0.05) is 23.5 Å². The van der Waals surface area contributed by atoms with E-state index in [1.165, 1.54) is 29.5 Å². The molecule has 1 aliphatic rings. The molecular formula is C24H26N4O5S. The molecule has 1 amide bonds. The van der Waals surface area contributed by atoms with Crippen LogP contribution < -0.4 is 9.64 Å². The van der Waals surface area contributed by atoms with Gasteiger partial charge in [-0.05, 0) is 30.2 Å². The van der Waals surface area contributed by atoms with Gasteiger partial charge in [-0.15, -0.1) is 0 Å². The Morgan fingerprint density at radius 1 is 1.29 bits per heavy atom. The summed E-state index contributed by atoms with van der Waals surface area (Å²) in [5, 5.41) is 11.7. The second-order valence-corrected chi connectivity index (χ2v) is 8.82. The van der Waals surface area contributed by atoms with Crippen LogP contribution in [-0.4, -0.2) is 67.2 Å². The van der Waals surface area contributed by atoms with E-state index < -0.39 is 4.92 Å². The molecule has 0 bridgehead atoms. The Hall–Kier alpha value is -3.34. The number of carbonyl (C=O) groups excluding carboxylic acids is 1. The Morgan fingerprint density at radius 3 is 2.88 bits per heavy atom. The lowest BCUT2D eigenvalue weighted by atomic mass is 10.2. The first kappa shape index (κ1) is 23.8. The number of amides is 1. The zero-order chi connectivity index (χ0) is 23.9. The molecule has 1 saturated heterocycles. The third kappa shape index (κ3) is 5.96. The molecule has 1 fully saturated rings. The second kappa shape index (κ2) is 11.2. The highest BCUT2D eigenvalue weighted by molar-refractivity contribution is 7.22. The first-order chi connectivity index (χ1) is 16.5. The van der Waals surface area contributed by atoms with Crippen molar-refractivity contribution in [2.24, 2.45) is 0 Å². The summed E-state index contributed by atoms with van der Waals surface area (Å²) < 4.78 is 11.7. The van der Waals surface area contributed by atoms with Gasteiger partial charge in [-0.2, -0.15) is 0 Å². The van der Waals surface area contributed by atoms with Crippen LogP contribution in [0.3, 0.4) is 0 Å². The predicted molar refractivity (Wildman–Crippen MR) is 133 cm³/mol. The standard InChI is InChI=1S/C24H26N4O5S/c1-32-20-7-8-22-21(17-20)25-24(34-22)27(11-3-10-26-12-14-33-15-13-26)23(29)9-6-18-4-2-5-19(16-18)28(30)31/h2,4-9,16-17H,3,10-15H2,1H3/b9-6+. The van der Waals surface area contributed by atoms with Gasteiger partial charge in [-0.25, -0.2) is 4.98 Å². The van der Waals surface area contributed by atoms with E-state index in [1.54, 1.807) is 30.2 Å². The van der Waals surface area contributed by atoms with E-state index in [4.69, 9.17) is 9.47 Å². The Kier molecular flexibility index (Phi) is 7.84. The number of morpholine rings is 1. The molecule has 2 heterocycles. The third-order valence-corrected chi connectivity index (χ3v) is 6.60. The topological polar surface area (TPSA) is 98.0 Å².